The monoisotopic (exact) mass is 287 g/mol. The zero-order valence-electron chi connectivity index (χ0n) is 11.8. The van der Waals surface area contributed by atoms with Crippen molar-refractivity contribution in [1.29, 1.82) is 0 Å². The van der Waals surface area contributed by atoms with Gasteiger partial charge in [0, 0.05) is 24.1 Å². The van der Waals surface area contributed by atoms with E-state index in [-0.39, 0.29) is 17.9 Å². The van der Waals surface area contributed by atoms with Gasteiger partial charge in [0.15, 0.2) is 0 Å². The Morgan fingerprint density at radius 2 is 2.10 bits per heavy atom. The van der Waals surface area contributed by atoms with Gasteiger partial charge in [-0.15, -0.1) is 0 Å². The van der Waals surface area contributed by atoms with Crippen molar-refractivity contribution in [2.24, 2.45) is 0 Å². The molecule has 0 aromatic heterocycles. The molecular weight excluding hydrogens is 269 g/mol. The van der Waals surface area contributed by atoms with E-state index in [1.807, 2.05) is 24.3 Å². The van der Waals surface area contributed by atoms with Gasteiger partial charge < -0.3 is 15.2 Å². The number of rotatable bonds is 3. The molecule has 0 radical (unpaired) electrons. The van der Waals surface area contributed by atoms with Crippen LogP contribution < -0.4 is 10.1 Å². The molecule has 3 rings (SSSR count). The van der Waals surface area contributed by atoms with E-state index < -0.39 is 5.82 Å². The van der Waals surface area contributed by atoms with Gasteiger partial charge in [0.05, 0.1) is 0 Å². The smallest absolute Gasteiger partial charge is 0.127 e. The molecule has 0 bridgehead atoms. The normalized spacial score (nSPS) is 20.7. The van der Waals surface area contributed by atoms with Crippen LogP contribution in [0.25, 0.3) is 0 Å². The Hall–Kier alpha value is -2.07. The standard InChI is InChI=1S/C17H18FNO2/c1-2-19-15-10-17(11-7-12(18)9-13(20)8-11)21-16-6-4-3-5-14(15)16/h3-9,15,17,19-20H,2,10H2,1H3. The predicted molar refractivity (Wildman–Crippen MR) is 78.9 cm³/mol. The summed E-state index contributed by atoms with van der Waals surface area (Å²) in [7, 11) is 0. The van der Waals surface area contributed by atoms with Gasteiger partial charge in [0.1, 0.15) is 23.4 Å². The number of halogens is 1. The average molecular weight is 287 g/mol. The van der Waals surface area contributed by atoms with E-state index in [0.29, 0.717) is 12.0 Å². The van der Waals surface area contributed by atoms with Crippen LogP contribution >= 0.6 is 0 Å². The van der Waals surface area contributed by atoms with Crippen LogP contribution in [0.2, 0.25) is 0 Å². The quantitative estimate of drug-likeness (QED) is 0.904. The molecule has 110 valence electrons. The molecule has 3 nitrogen and oxygen atoms in total. The van der Waals surface area contributed by atoms with Crippen molar-refractivity contribution in [3.05, 3.63) is 59.4 Å². The third kappa shape index (κ3) is 2.85. The second-order valence-corrected chi connectivity index (χ2v) is 5.23. The number of benzene rings is 2. The average Bonchev–Trinajstić information content (AvgIpc) is 2.46. The van der Waals surface area contributed by atoms with Gasteiger partial charge in [-0.05, 0) is 30.3 Å². The van der Waals surface area contributed by atoms with Gasteiger partial charge in [-0.3, -0.25) is 0 Å². The van der Waals surface area contributed by atoms with Gasteiger partial charge in [0.2, 0.25) is 0 Å². The Morgan fingerprint density at radius 1 is 1.29 bits per heavy atom. The van der Waals surface area contributed by atoms with Crippen molar-refractivity contribution in [2.75, 3.05) is 6.54 Å². The molecule has 0 aliphatic carbocycles. The molecular formula is C17H18FNO2. The fourth-order valence-corrected chi connectivity index (χ4v) is 2.84. The number of nitrogens with one attached hydrogen (secondary N) is 1. The van der Waals surface area contributed by atoms with Gasteiger partial charge in [0.25, 0.3) is 0 Å². The van der Waals surface area contributed by atoms with Crippen LogP contribution in [0.15, 0.2) is 42.5 Å². The highest BCUT2D eigenvalue weighted by atomic mass is 19.1. The van der Waals surface area contributed by atoms with E-state index in [1.54, 1.807) is 6.07 Å². The molecule has 0 saturated heterocycles. The molecule has 2 unspecified atom stereocenters. The van der Waals surface area contributed by atoms with Crippen LogP contribution in [0.4, 0.5) is 4.39 Å². The molecule has 2 atom stereocenters. The van der Waals surface area contributed by atoms with Crippen LogP contribution in [-0.2, 0) is 0 Å². The number of fused-ring (bicyclic) bond motifs is 1. The molecule has 2 aromatic carbocycles. The lowest BCUT2D eigenvalue weighted by Gasteiger charge is -2.33. The van der Waals surface area contributed by atoms with Gasteiger partial charge in [-0.25, -0.2) is 4.39 Å². The lowest BCUT2D eigenvalue weighted by atomic mass is 9.93. The summed E-state index contributed by atoms with van der Waals surface area (Å²) in [6, 6.07) is 12.1. The lowest BCUT2D eigenvalue weighted by Crippen LogP contribution is -2.29. The fourth-order valence-electron chi connectivity index (χ4n) is 2.84. The minimum atomic E-state index is -0.451. The fraction of sp³-hybridized carbons (Fsp3) is 0.294. The molecule has 0 amide bonds. The maximum atomic E-state index is 13.5. The lowest BCUT2D eigenvalue weighted by molar-refractivity contribution is 0.151. The van der Waals surface area contributed by atoms with E-state index in [4.69, 9.17) is 4.74 Å². The van der Waals surface area contributed by atoms with Crippen LogP contribution in [0.1, 0.15) is 36.6 Å². The highest BCUT2D eigenvalue weighted by Crippen LogP contribution is 2.41. The molecule has 0 spiro atoms. The molecule has 1 aliphatic heterocycles. The molecule has 0 fully saturated rings. The maximum Gasteiger partial charge on any atom is 0.127 e. The largest absolute Gasteiger partial charge is 0.508 e. The van der Waals surface area contributed by atoms with E-state index in [0.717, 1.165) is 23.9 Å². The first kappa shape index (κ1) is 13.9. The summed E-state index contributed by atoms with van der Waals surface area (Å²) in [5.74, 6) is 0.281. The Balaban J connectivity index is 1.95. The van der Waals surface area contributed by atoms with Gasteiger partial charge >= 0.3 is 0 Å². The Morgan fingerprint density at radius 3 is 2.86 bits per heavy atom. The first-order valence-electron chi connectivity index (χ1n) is 7.15. The molecule has 21 heavy (non-hydrogen) atoms. The van der Waals surface area contributed by atoms with E-state index >= 15 is 0 Å². The van der Waals surface area contributed by atoms with Crippen LogP contribution in [0.5, 0.6) is 11.5 Å². The number of ether oxygens (including phenoxy) is 1. The van der Waals surface area contributed by atoms with Crippen molar-refractivity contribution in [3.63, 3.8) is 0 Å². The van der Waals surface area contributed by atoms with Crippen molar-refractivity contribution in [3.8, 4) is 11.5 Å². The van der Waals surface area contributed by atoms with Crippen molar-refractivity contribution in [2.45, 2.75) is 25.5 Å². The van der Waals surface area contributed by atoms with Crippen LogP contribution in [0, 0.1) is 5.82 Å². The van der Waals surface area contributed by atoms with Gasteiger partial charge in [-0.2, -0.15) is 0 Å². The van der Waals surface area contributed by atoms with Crippen LogP contribution in [0.3, 0.4) is 0 Å². The summed E-state index contributed by atoms with van der Waals surface area (Å²) < 4.78 is 19.5. The number of phenols is 1. The molecule has 4 heteroatoms. The number of aromatic hydroxyl groups is 1. The summed E-state index contributed by atoms with van der Waals surface area (Å²) >= 11 is 0. The first-order valence-corrected chi connectivity index (χ1v) is 7.15. The minimum absolute atomic E-state index is 0.0764. The number of phenolic OH excluding ortho intramolecular Hbond substituents is 1. The third-order valence-electron chi connectivity index (χ3n) is 3.74. The van der Waals surface area contributed by atoms with Gasteiger partial charge in [-0.1, -0.05) is 25.1 Å². The zero-order chi connectivity index (χ0) is 14.8. The second kappa shape index (κ2) is 5.74. The summed E-state index contributed by atoms with van der Waals surface area (Å²) in [5.41, 5.74) is 1.78. The number of hydrogen-bond acceptors (Lipinski definition) is 3. The highest BCUT2D eigenvalue weighted by Gasteiger charge is 2.29. The predicted octanol–water partition coefficient (Wildman–Crippen LogP) is 3.71. The van der Waals surface area contributed by atoms with Crippen molar-refractivity contribution < 1.29 is 14.2 Å². The number of para-hydroxylation sites is 1. The van der Waals surface area contributed by atoms with Crippen molar-refractivity contribution in [1.82, 2.24) is 5.32 Å². The molecule has 2 N–H and O–H groups in total. The Bertz CT molecular complexity index is 624. The minimum Gasteiger partial charge on any atom is -0.508 e. The Kier molecular flexibility index (Phi) is 3.80. The van der Waals surface area contributed by atoms with E-state index in [9.17, 15) is 9.50 Å². The topological polar surface area (TPSA) is 41.5 Å². The van der Waals surface area contributed by atoms with E-state index in [2.05, 4.69) is 12.2 Å². The summed E-state index contributed by atoms with van der Waals surface area (Å²) in [6.07, 6.45) is 0.429. The van der Waals surface area contributed by atoms with Crippen LogP contribution in [-0.4, -0.2) is 11.7 Å². The third-order valence-corrected chi connectivity index (χ3v) is 3.74. The summed E-state index contributed by atoms with van der Waals surface area (Å²) in [4.78, 5) is 0. The summed E-state index contributed by atoms with van der Waals surface area (Å²) in [5, 5.41) is 13.0. The maximum absolute atomic E-state index is 13.5. The molecule has 1 heterocycles. The highest BCUT2D eigenvalue weighted by molar-refractivity contribution is 5.40. The molecule has 1 aliphatic rings. The summed E-state index contributed by atoms with van der Waals surface area (Å²) in [6.45, 7) is 2.90. The van der Waals surface area contributed by atoms with E-state index in [1.165, 1.54) is 6.07 Å². The molecule has 0 saturated carbocycles. The molecule has 2 aromatic rings. The number of hydrogen-bond donors (Lipinski definition) is 2. The van der Waals surface area contributed by atoms with Crippen molar-refractivity contribution >= 4 is 0 Å². The second-order valence-electron chi connectivity index (χ2n) is 5.23. The zero-order valence-corrected chi connectivity index (χ0v) is 11.8. The first-order chi connectivity index (χ1) is 10.2. The SMILES string of the molecule is CCNC1CC(c2cc(O)cc(F)c2)Oc2ccccc21. The Labute approximate surface area is 123 Å².